The Morgan fingerprint density at radius 1 is 0.700 bits per heavy atom. The van der Waals surface area contributed by atoms with E-state index in [0.717, 1.165) is 6.42 Å². The molecule has 0 aromatic carbocycles. The molecule has 0 aromatic rings. The second kappa shape index (κ2) is 12.4. The van der Waals surface area contributed by atoms with E-state index < -0.39 is 0 Å². The molecule has 0 aliphatic carbocycles. The van der Waals surface area contributed by atoms with E-state index in [4.69, 9.17) is 4.74 Å². The molecule has 1 fully saturated rings. The van der Waals surface area contributed by atoms with Crippen molar-refractivity contribution in [2.45, 2.75) is 110 Å². The molecule has 118 valence electrons. The van der Waals surface area contributed by atoms with Gasteiger partial charge in [0.2, 0.25) is 0 Å². The van der Waals surface area contributed by atoms with Crippen LogP contribution in [0.3, 0.4) is 0 Å². The van der Waals surface area contributed by atoms with Gasteiger partial charge in [-0.25, -0.2) is 0 Å². The van der Waals surface area contributed by atoms with Crippen molar-refractivity contribution in [1.29, 1.82) is 0 Å². The van der Waals surface area contributed by atoms with Gasteiger partial charge in [0.05, 0.1) is 12.2 Å². The minimum Gasteiger partial charge on any atom is -0.369 e. The third-order valence-electron chi connectivity index (χ3n) is 4.29. The van der Waals surface area contributed by atoms with Gasteiger partial charge >= 0.3 is 0 Å². The third kappa shape index (κ3) is 9.58. The molecule has 1 heteroatoms. The van der Waals surface area contributed by atoms with Crippen molar-refractivity contribution >= 4 is 0 Å². The van der Waals surface area contributed by atoms with Crippen LogP contribution < -0.4 is 0 Å². The van der Waals surface area contributed by atoms with Gasteiger partial charge in [-0.15, -0.1) is 0 Å². The van der Waals surface area contributed by atoms with Crippen molar-refractivity contribution in [2.75, 3.05) is 0 Å². The first kappa shape index (κ1) is 17.8. The molecule has 1 nitrogen and oxygen atoms in total. The fourth-order valence-corrected chi connectivity index (χ4v) is 2.80. The molecule has 0 radical (unpaired) electrons. The van der Waals surface area contributed by atoms with Crippen LogP contribution in [0.5, 0.6) is 0 Å². The van der Waals surface area contributed by atoms with Gasteiger partial charge in [-0.2, -0.15) is 0 Å². The molecular weight excluding hydrogens is 244 g/mol. The van der Waals surface area contributed by atoms with Crippen LogP contribution in [0.15, 0.2) is 12.2 Å². The van der Waals surface area contributed by atoms with Gasteiger partial charge in [-0.1, -0.05) is 83.8 Å². The summed E-state index contributed by atoms with van der Waals surface area (Å²) < 4.78 is 5.74. The lowest BCUT2D eigenvalue weighted by Gasteiger charge is -1.99. The summed E-state index contributed by atoms with van der Waals surface area (Å²) in [6.45, 7) is 4.54. The maximum absolute atomic E-state index is 5.74. The standard InChI is InChI=1S/C19H36O/c1-3-5-7-9-11-13-15-17-19-18(20-19)16-14-12-10-8-6-4-2/h12,14,18-19H,3-11,13,15-17H2,1-2H3/b14-12+. The van der Waals surface area contributed by atoms with Gasteiger partial charge in [0.15, 0.2) is 0 Å². The lowest BCUT2D eigenvalue weighted by molar-refractivity contribution is 0.358. The number of hydrogen-bond donors (Lipinski definition) is 0. The zero-order valence-electron chi connectivity index (χ0n) is 13.9. The molecule has 0 N–H and O–H groups in total. The summed E-state index contributed by atoms with van der Waals surface area (Å²) in [6.07, 6.45) is 23.4. The summed E-state index contributed by atoms with van der Waals surface area (Å²) in [6, 6.07) is 0. The highest BCUT2D eigenvalue weighted by atomic mass is 16.6. The van der Waals surface area contributed by atoms with Gasteiger partial charge in [0.25, 0.3) is 0 Å². The van der Waals surface area contributed by atoms with Crippen molar-refractivity contribution in [3.05, 3.63) is 12.2 Å². The molecule has 0 amide bonds. The zero-order valence-corrected chi connectivity index (χ0v) is 13.9. The molecule has 1 saturated heterocycles. The van der Waals surface area contributed by atoms with Crippen LogP contribution in [-0.4, -0.2) is 12.2 Å². The van der Waals surface area contributed by atoms with Crippen LogP contribution in [0.25, 0.3) is 0 Å². The van der Waals surface area contributed by atoms with Gasteiger partial charge in [0.1, 0.15) is 0 Å². The van der Waals surface area contributed by atoms with Gasteiger partial charge in [-0.3, -0.25) is 0 Å². The molecule has 20 heavy (non-hydrogen) atoms. The number of ether oxygens (including phenoxy) is 1. The minimum atomic E-state index is 0.553. The van der Waals surface area contributed by atoms with Crippen LogP contribution in [-0.2, 0) is 4.74 Å². The highest BCUT2D eigenvalue weighted by molar-refractivity contribution is 4.93. The first-order valence-electron chi connectivity index (χ1n) is 9.19. The van der Waals surface area contributed by atoms with Crippen molar-refractivity contribution in [1.82, 2.24) is 0 Å². The molecular formula is C19H36O. The Balaban J connectivity index is 1.81. The average molecular weight is 280 g/mol. The Labute approximate surface area is 127 Å². The Bertz CT molecular complexity index is 234. The van der Waals surface area contributed by atoms with E-state index in [0.29, 0.717) is 12.2 Å². The maximum Gasteiger partial charge on any atom is 0.0876 e. The van der Waals surface area contributed by atoms with Crippen LogP contribution >= 0.6 is 0 Å². The highest BCUT2D eigenvalue weighted by Gasteiger charge is 2.36. The van der Waals surface area contributed by atoms with E-state index in [2.05, 4.69) is 26.0 Å². The highest BCUT2D eigenvalue weighted by Crippen LogP contribution is 2.30. The van der Waals surface area contributed by atoms with Crippen LogP contribution in [0.1, 0.15) is 97.3 Å². The largest absolute Gasteiger partial charge is 0.369 e. The summed E-state index contributed by atoms with van der Waals surface area (Å²) in [5.41, 5.74) is 0. The molecule has 0 aromatic heterocycles. The van der Waals surface area contributed by atoms with E-state index in [1.165, 1.54) is 77.0 Å². The van der Waals surface area contributed by atoms with E-state index in [1.807, 2.05) is 0 Å². The molecule has 2 unspecified atom stereocenters. The number of unbranched alkanes of at least 4 members (excludes halogenated alkanes) is 9. The van der Waals surface area contributed by atoms with E-state index in [-0.39, 0.29) is 0 Å². The summed E-state index contributed by atoms with van der Waals surface area (Å²) >= 11 is 0. The van der Waals surface area contributed by atoms with Crippen molar-refractivity contribution in [3.8, 4) is 0 Å². The van der Waals surface area contributed by atoms with Crippen molar-refractivity contribution in [3.63, 3.8) is 0 Å². The number of allylic oxidation sites excluding steroid dienone is 1. The van der Waals surface area contributed by atoms with E-state index in [1.54, 1.807) is 0 Å². The fraction of sp³-hybridized carbons (Fsp3) is 0.895. The topological polar surface area (TPSA) is 12.5 Å². The predicted octanol–water partition coefficient (Wildman–Crippen LogP) is 6.42. The second-order valence-corrected chi connectivity index (χ2v) is 6.33. The quantitative estimate of drug-likeness (QED) is 0.203. The van der Waals surface area contributed by atoms with Gasteiger partial charge < -0.3 is 4.74 Å². The molecule has 0 bridgehead atoms. The summed E-state index contributed by atoms with van der Waals surface area (Å²) in [4.78, 5) is 0. The van der Waals surface area contributed by atoms with Crippen LogP contribution in [0, 0.1) is 0 Å². The van der Waals surface area contributed by atoms with Gasteiger partial charge in [0, 0.05) is 0 Å². The number of rotatable bonds is 14. The fourth-order valence-electron chi connectivity index (χ4n) is 2.80. The Morgan fingerprint density at radius 2 is 1.35 bits per heavy atom. The zero-order chi connectivity index (χ0) is 14.5. The van der Waals surface area contributed by atoms with Crippen LogP contribution in [0.4, 0.5) is 0 Å². The lowest BCUT2D eigenvalue weighted by Crippen LogP contribution is -1.93. The summed E-state index contributed by atoms with van der Waals surface area (Å²) in [7, 11) is 0. The molecule has 0 saturated carbocycles. The smallest absolute Gasteiger partial charge is 0.0876 e. The van der Waals surface area contributed by atoms with E-state index >= 15 is 0 Å². The first-order valence-corrected chi connectivity index (χ1v) is 9.19. The molecule has 1 aliphatic heterocycles. The molecule has 1 aliphatic rings. The minimum absolute atomic E-state index is 0.553. The van der Waals surface area contributed by atoms with E-state index in [9.17, 15) is 0 Å². The van der Waals surface area contributed by atoms with Crippen LogP contribution in [0.2, 0.25) is 0 Å². The molecule has 0 spiro atoms. The molecule has 1 heterocycles. The summed E-state index contributed by atoms with van der Waals surface area (Å²) in [5.74, 6) is 0. The first-order chi connectivity index (χ1) is 9.88. The lowest BCUT2D eigenvalue weighted by atomic mass is 10.1. The predicted molar refractivity (Wildman–Crippen MR) is 89.2 cm³/mol. The number of epoxide rings is 1. The maximum atomic E-state index is 5.74. The van der Waals surface area contributed by atoms with Crippen molar-refractivity contribution < 1.29 is 4.74 Å². The molecule has 1 rings (SSSR count). The average Bonchev–Trinajstić information content (AvgIpc) is 3.20. The normalized spacial score (nSPS) is 21.7. The Hall–Kier alpha value is -0.300. The Kier molecular flexibility index (Phi) is 11.0. The second-order valence-electron chi connectivity index (χ2n) is 6.33. The summed E-state index contributed by atoms with van der Waals surface area (Å²) in [5, 5.41) is 0. The SMILES string of the molecule is CCCCC/C=C/CC1OC1CCCCCCCCC. The monoisotopic (exact) mass is 280 g/mol. The van der Waals surface area contributed by atoms with Crippen molar-refractivity contribution in [2.24, 2.45) is 0 Å². The van der Waals surface area contributed by atoms with Gasteiger partial charge in [-0.05, 0) is 25.7 Å². The third-order valence-corrected chi connectivity index (χ3v) is 4.29. The number of hydrogen-bond acceptors (Lipinski definition) is 1. The molecule has 2 atom stereocenters. The Morgan fingerprint density at radius 3 is 2.10 bits per heavy atom.